The van der Waals surface area contributed by atoms with Gasteiger partial charge in [-0.25, -0.2) is 4.39 Å². The first-order valence-corrected chi connectivity index (χ1v) is 20.9. The highest BCUT2D eigenvalue weighted by Gasteiger charge is 2.71. The minimum absolute atomic E-state index is 0.00305. The Kier molecular flexibility index (Phi) is 10.9. The Morgan fingerprint density at radius 1 is 0.927 bits per heavy atom. The van der Waals surface area contributed by atoms with E-state index in [1.807, 2.05) is 0 Å². The maximum absolute atomic E-state index is 14.3. The molecule has 0 radical (unpaired) electrons. The van der Waals surface area contributed by atoms with Crippen LogP contribution in [0.3, 0.4) is 0 Å². The summed E-state index contributed by atoms with van der Waals surface area (Å²) in [6.07, 6.45) is 6.88. The van der Waals surface area contributed by atoms with Crippen LogP contribution in [0.5, 0.6) is 0 Å². The van der Waals surface area contributed by atoms with Crippen molar-refractivity contribution in [3.05, 3.63) is 46.8 Å². The number of aliphatic carboxylic acids is 1. The monoisotopic (exact) mass is 763 g/mol. The number of allylic oxidation sites excluding steroid dienone is 1. The third kappa shape index (κ3) is 6.80. The number of ether oxygens (including phenoxy) is 2. The van der Waals surface area contributed by atoms with E-state index in [4.69, 9.17) is 9.47 Å². The van der Waals surface area contributed by atoms with E-state index in [0.29, 0.717) is 31.3 Å². The summed E-state index contributed by atoms with van der Waals surface area (Å²) in [7, 11) is 0. The van der Waals surface area contributed by atoms with Gasteiger partial charge in [-0.1, -0.05) is 60.6 Å². The van der Waals surface area contributed by atoms with E-state index >= 15 is 0 Å². The summed E-state index contributed by atoms with van der Waals surface area (Å²) in [4.78, 5) is 51.9. The molecule has 9 atom stereocenters. The van der Waals surface area contributed by atoms with Crippen LogP contribution in [0, 0.1) is 62.0 Å². The van der Waals surface area contributed by atoms with Gasteiger partial charge in [-0.15, -0.1) is 0 Å². The fourth-order valence-electron chi connectivity index (χ4n) is 13.4. The van der Waals surface area contributed by atoms with Crippen LogP contribution >= 0.6 is 0 Å². The van der Waals surface area contributed by atoms with E-state index in [1.54, 1.807) is 26.0 Å². The Morgan fingerprint density at radius 2 is 1.60 bits per heavy atom. The summed E-state index contributed by atoms with van der Waals surface area (Å²) in [6.45, 7) is 21.8. The number of carboxylic acid groups (broad SMARTS) is 1. The third-order valence-electron chi connectivity index (χ3n) is 16.4. The third-order valence-corrected chi connectivity index (χ3v) is 16.4. The number of hydrogen-bond acceptors (Lipinski definition) is 7. The zero-order valence-electron chi connectivity index (χ0n) is 35.0. The molecule has 2 N–H and O–H groups in total. The van der Waals surface area contributed by atoms with Gasteiger partial charge in [0.1, 0.15) is 18.0 Å². The van der Waals surface area contributed by atoms with Crippen molar-refractivity contribution in [3.63, 3.8) is 0 Å². The SMILES string of the molecule is CC(=O)O[C@H](CNCc1ccc(F)cc1)[C@@]12CC[C@]3(C)[C@H](CC[C@@H]4[C@@]5(C)CC[C@H](OC(=O)CC(C)(C)C(=O)O)C(C)(C)C5CC[C@]43C)C1=C(C(C)C)C(=O)C2. The van der Waals surface area contributed by atoms with Gasteiger partial charge in [0.2, 0.25) is 0 Å². The predicted octanol–water partition coefficient (Wildman–Crippen LogP) is 9.24. The van der Waals surface area contributed by atoms with Crippen molar-refractivity contribution in [1.29, 1.82) is 0 Å². The first-order valence-electron chi connectivity index (χ1n) is 20.9. The number of Topliss-reactive ketones (excluding diaryl/α,β-unsaturated/α-hetero) is 1. The first-order chi connectivity index (χ1) is 25.5. The van der Waals surface area contributed by atoms with Crippen molar-refractivity contribution >= 4 is 23.7 Å². The van der Waals surface area contributed by atoms with Crippen molar-refractivity contribution in [2.45, 2.75) is 152 Å². The Morgan fingerprint density at radius 3 is 2.22 bits per heavy atom. The van der Waals surface area contributed by atoms with Gasteiger partial charge < -0.3 is 19.9 Å². The Labute approximate surface area is 328 Å². The van der Waals surface area contributed by atoms with Crippen molar-refractivity contribution in [2.24, 2.45) is 56.2 Å². The van der Waals surface area contributed by atoms with Gasteiger partial charge in [-0.2, -0.15) is 0 Å². The lowest BCUT2D eigenvalue weighted by Crippen LogP contribution is -2.66. The maximum Gasteiger partial charge on any atom is 0.309 e. The Balaban J connectivity index is 1.30. The lowest BCUT2D eigenvalue weighted by atomic mass is 9.33. The topological polar surface area (TPSA) is 119 Å². The number of carbonyl (C=O) groups excluding carboxylic acids is 3. The summed E-state index contributed by atoms with van der Waals surface area (Å²) < 4.78 is 26.0. The second kappa shape index (κ2) is 14.4. The number of fused-ring (bicyclic) bond motifs is 7. The molecule has 5 aliphatic rings. The number of hydrogen-bond donors (Lipinski definition) is 2. The second-order valence-electron chi connectivity index (χ2n) is 20.4. The van der Waals surface area contributed by atoms with Crippen LogP contribution in [-0.2, 0) is 35.2 Å². The molecule has 0 spiro atoms. The average Bonchev–Trinajstić information content (AvgIpc) is 3.39. The van der Waals surface area contributed by atoms with E-state index in [0.717, 1.165) is 62.5 Å². The number of ketones is 1. The molecule has 1 aromatic carbocycles. The largest absolute Gasteiger partial charge is 0.481 e. The summed E-state index contributed by atoms with van der Waals surface area (Å²) in [5.74, 6) is -0.879. The van der Waals surface area contributed by atoms with Crippen LogP contribution in [0.2, 0.25) is 0 Å². The van der Waals surface area contributed by atoms with Gasteiger partial charge in [-0.05, 0) is 134 Å². The highest BCUT2D eigenvalue weighted by Crippen LogP contribution is 2.77. The van der Waals surface area contributed by atoms with Crippen LogP contribution < -0.4 is 5.32 Å². The molecule has 4 saturated carbocycles. The summed E-state index contributed by atoms with van der Waals surface area (Å²) in [5, 5.41) is 13.1. The van der Waals surface area contributed by atoms with Crippen molar-refractivity contribution in [1.82, 2.24) is 5.32 Å². The zero-order valence-corrected chi connectivity index (χ0v) is 35.0. The molecular weight excluding hydrogens is 698 g/mol. The minimum Gasteiger partial charge on any atom is -0.481 e. The van der Waals surface area contributed by atoms with Crippen molar-refractivity contribution in [3.8, 4) is 0 Å². The molecule has 9 heteroatoms. The molecule has 0 aromatic heterocycles. The molecule has 8 nitrogen and oxygen atoms in total. The minimum atomic E-state index is -1.18. The molecule has 1 aromatic rings. The van der Waals surface area contributed by atoms with E-state index < -0.39 is 28.9 Å². The smallest absolute Gasteiger partial charge is 0.309 e. The lowest BCUT2D eigenvalue weighted by Gasteiger charge is -2.72. The predicted molar refractivity (Wildman–Crippen MR) is 209 cm³/mol. The maximum atomic E-state index is 14.3. The standard InChI is InChI=1S/C46H66FNO7/c1-27(2)38-32(50)23-46(36(54-28(3)49)26-48-25-29-11-13-30(47)14-12-29)22-21-44(9)31(39(38)46)15-16-34-43(8)19-18-35(55-37(51)24-41(4,5)40(52)53)42(6,7)33(43)17-20-45(34,44)10/h11-14,27,31,33-36,48H,15-26H2,1-10H3,(H,52,53)/t31-,33?,34-,35+,36-,43+,44-,45-,46+/m1/s1. The van der Waals surface area contributed by atoms with Gasteiger partial charge in [-0.3, -0.25) is 19.2 Å². The quantitative estimate of drug-likeness (QED) is 0.214. The average molecular weight is 764 g/mol. The second-order valence-corrected chi connectivity index (χ2v) is 20.4. The highest BCUT2D eigenvalue weighted by atomic mass is 19.1. The fraction of sp³-hybridized carbons (Fsp3) is 0.739. The van der Waals surface area contributed by atoms with Gasteiger partial charge >= 0.3 is 17.9 Å². The van der Waals surface area contributed by atoms with Crippen molar-refractivity contribution in [2.75, 3.05) is 6.54 Å². The molecule has 5 aliphatic carbocycles. The Hall–Kier alpha value is -3.07. The number of esters is 2. The molecule has 0 amide bonds. The number of rotatable bonds is 11. The molecule has 304 valence electrons. The normalized spacial score (nSPS) is 36.0. The highest BCUT2D eigenvalue weighted by molar-refractivity contribution is 6.01. The van der Waals surface area contributed by atoms with Crippen molar-refractivity contribution < 1.29 is 38.1 Å². The molecule has 1 unspecified atom stereocenters. The molecule has 0 saturated heterocycles. The molecule has 0 bridgehead atoms. The van der Waals surface area contributed by atoms with E-state index in [2.05, 4.69) is 53.8 Å². The molecule has 6 rings (SSSR count). The number of halogens is 1. The van der Waals surface area contributed by atoms with Gasteiger partial charge in [0.05, 0.1) is 11.8 Å². The summed E-state index contributed by atoms with van der Waals surface area (Å²) in [5.41, 5.74) is 1.04. The molecular formula is C46H66FNO7. The molecule has 0 aliphatic heterocycles. The van der Waals surface area contributed by atoms with E-state index in [9.17, 15) is 28.7 Å². The van der Waals surface area contributed by atoms with E-state index in [-0.39, 0.29) is 63.6 Å². The summed E-state index contributed by atoms with van der Waals surface area (Å²) >= 11 is 0. The molecule has 0 heterocycles. The number of benzene rings is 1. The fourth-order valence-corrected chi connectivity index (χ4v) is 13.4. The van der Waals surface area contributed by atoms with Crippen LogP contribution in [0.4, 0.5) is 4.39 Å². The van der Waals surface area contributed by atoms with Gasteiger partial charge in [0, 0.05) is 37.3 Å². The first kappa shape index (κ1) is 41.6. The molecule has 4 fully saturated rings. The molecule has 55 heavy (non-hydrogen) atoms. The lowest BCUT2D eigenvalue weighted by molar-refractivity contribution is -0.235. The Bertz CT molecular complexity index is 1730. The van der Waals surface area contributed by atoms with Crippen LogP contribution in [-0.4, -0.2) is 47.6 Å². The number of carboxylic acids is 1. The van der Waals surface area contributed by atoms with Crippen LogP contribution in [0.1, 0.15) is 139 Å². The van der Waals surface area contributed by atoms with E-state index in [1.165, 1.54) is 24.6 Å². The van der Waals surface area contributed by atoms with Crippen LogP contribution in [0.25, 0.3) is 0 Å². The summed E-state index contributed by atoms with van der Waals surface area (Å²) in [6, 6.07) is 6.41. The van der Waals surface area contributed by atoms with Gasteiger partial charge in [0.25, 0.3) is 0 Å². The zero-order chi connectivity index (χ0) is 40.5. The van der Waals surface area contributed by atoms with Crippen LogP contribution in [0.15, 0.2) is 35.4 Å². The van der Waals surface area contributed by atoms with Gasteiger partial charge in [0.15, 0.2) is 5.78 Å². The number of carbonyl (C=O) groups is 4. The number of nitrogens with one attached hydrogen (secondary N) is 1.